The number of amides is 1. The number of likely N-dealkylation sites (tertiary alicyclic amines) is 1. The highest BCUT2D eigenvalue weighted by Gasteiger charge is 2.33. The van der Waals surface area contributed by atoms with E-state index < -0.39 is 5.97 Å². The summed E-state index contributed by atoms with van der Waals surface area (Å²) in [6.45, 7) is 5.72. The Morgan fingerprint density at radius 3 is 2.42 bits per heavy atom. The second-order valence-corrected chi connectivity index (χ2v) is 8.06. The molecular weight excluding hydrogens is 328 g/mol. The lowest BCUT2D eigenvalue weighted by Gasteiger charge is -2.41. The van der Waals surface area contributed by atoms with E-state index in [1.54, 1.807) is 0 Å². The lowest BCUT2D eigenvalue weighted by molar-refractivity contribution is -0.137. The van der Waals surface area contributed by atoms with Crippen LogP contribution in [0.25, 0.3) is 0 Å². The summed E-state index contributed by atoms with van der Waals surface area (Å²) in [5.74, 6) is 0.0703. The van der Waals surface area contributed by atoms with Crippen LogP contribution in [0.5, 0.6) is 0 Å². The molecule has 0 aromatic heterocycles. The van der Waals surface area contributed by atoms with Gasteiger partial charge in [0.15, 0.2) is 0 Å². The Bertz CT molecular complexity index is 610. The number of aliphatic carboxylic acids is 1. The van der Waals surface area contributed by atoms with Crippen LogP contribution in [0, 0.1) is 11.8 Å². The quantitative estimate of drug-likeness (QED) is 0.811. The highest BCUT2D eigenvalue weighted by atomic mass is 16.4. The van der Waals surface area contributed by atoms with Gasteiger partial charge < -0.3 is 14.9 Å². The standard InChI is InChI=1S/C21H32N2O3/c1-15(2)13-16-5-7-17(8-6-16)21(26)23-12-11-19(22(3)4)18(14-23)9-10-20(24)25/h5-8,15,18-19H,9-14H2,1-4H3,(H,24,25)/t18-,19+/m0/s1. The molecule has 0 unspecified atom stereocenters. The van der Waals surface area contributed by atoms with Crippen molar-refractivity contribution in [3.63, 3.8) is 0 Å². The molecule has 1 amide bonds. The van der Waals surface area contributed by atoms with Crippen molar-refractivity contribution in [2.24, 2.45) is 11.8 Å². The molecule has 5 nitrogen and oxygen atoms in total. The molecule has 144 valence electrons. The van der Waals surface area contributed by atoms with E-state index in [2.05, 4.69) is 18.7 Å². The average Bonchev–Trinajstić information content (AvgIpc) is 2.59. The molecule has 1 fully saturated rings. The number of carbonyl (C=O) groups excluding carboxylic acids is 1. The van der Waals surface area contributed by atoms with Gasteiger partial charge in [0.05, 0.1) is 0 Å². The van der Waals surface area contributed by atoms with Crippen LogP contribution < -0.4 is 0 Å². The van der Waals surface area contributed by atoms with Crippen LogP contribution in [0.1, 0.15) is 49.0 Å². The first kappa shape index (κ1) is 20.4. The van der Waals surface area contributed by atoms with Crippen molar-refractivity contribution in [1.29, 1.82) is 0 Å². The van der Waals surface area contributed by atoms with Crippen LogP contribution in [0.4, 0.5) is 0 Å². The monoisotopic (exact) mass is 360 g/mol. The van der Waals surface area contributed by atoms with Crippen molar-refractivity contribution in [2.75, 3.05) is 27.2 Å². The molecule has 1 heterocycles. The zero-order valence-electron chi connectivity index (χ0n) is 16.4. The Labute approximate surface area is 157 Å². The topological polar surface area (TPSA) is 60.9 Å². The van der Waals surface area contributed by atoms with Crippen LogP contribution in [-0.4, -0.2) is 60.0 Å². The second-order valence-electron chi connectivity index (χ2n) is 8.06. The maximum atomic E-state index is 12.9. The third-order valence-corrected chi connectivity index (χ3v) is 5.22. The zero-order valence-corrected chi connectivity index (χ0v) is 16.4. The summed E-state index contributed by atoms with van der Waals surface area (Å²) in [5, 5.41) is 9.02. The molecule has 0 bridgehead atoms. The first-order chi connectivity index (χ1) is 12.3. The highest BCUT2D eigenvalue weighted by Crippen LogP contribution is 2.26. The molecule has 0 spiro atoms. The van der Waals surface area contributed by atoms with Crippen LogP contribution in [0.3, 0.4) is 0 Å². The van der Waals surface area contributed by atoms with Crippen molar-refractivity contribution in [1.82, 2.24) is 9.80 Å². The highest BCUT2D eigenvalue weighted by molar-refractivity contribution is 5.94. The van der Waals surface area contributed by atoms with E-state index in [9.17, 15) is 9.59 Å². The van der Waals surface area contributed by atoms with E-state index in [0.717, 1.165) is 24.9 Å². The minimum atomic E-state index is -0.772. The molecule has 1 aromatic rings. The van der Waals surface area contributed by atoms with Gasteiger partial charge in [0, 0.05) is 31.1 Å². The normalized spacial score (nSPS) is 20.6. The minimum Gasteiger partial charge on any atom is -0.481 e. The van der Waals surface area contributed by atoms with Crippen molar-refractivity contribution in [2.45, 2.75) is 45.6 Å². The fourth-order valence-corrected chi connectivity index (χ4v) is 3.91. The van der Waals surface area contributed by atoms with Gasteiger partial charge in [-0.25, -0.2) is 0 Å². The van der Waals surface area contributed by atoms with Gasteiger partial charge in [0.2, 0.25) is 0 Å². The SMILES string of the molecule is CC(C)Cc1ccc(C(=O)N2CC[C@@H](N(C)C)[C@@H](CCC(=O)O)C2)cc1. The van der Waals surface area contributed by atoms with Gasteiger partial charge >= 0.3 is 5.97 Å². The molecule has 0 aliphatic carbocycles. The summed E-state index contributed by atoms with van der Waals surface area (Å²) < 4.78 is 0. The Morgan fingerprint density at radius 1 is 1.23 bits per heavy atom. The third-order valence-electron chi connectivity index (χ3n) is 5.22. The van der Waals surface area contributed by atoms with Gasteiger partial charge in [-0.15, -0.1) is 0 Å². The molecule has 26 heavy (non-hydrogen) atoms. The van der Waals surface area contributed by atoms with Crippen molar-refractivity contribution >= 4 is 11.9 Å². The third kappa shape index (κ3) is 5.56. The number of nitrogens with zero attached hydrogens (tertiary/aromatic N) is 2. The van der Waals surface area contributed by atoms with Crippen LogP contribution in [0.2, 0.25) is 0 Å². The van der Waals surface area contributed by atoms with Crippen molar-refractivity contribution < 1.29 is 14.7 Å². The summed E-state index contributed by atoms with van der Waals surface area (Å²) in [6.07, 6.45) is 2.66. The fraction of sp³-hybridized carbons (Fsp3) is 0.619. The zero-order chi connectivity index (χ0) is 19.3. The minimum absolute atomic E-state index is 0.0543. The summed E-state index contributed by atoms with van der Waals surface area (Å²) in [5.41, 5.74) is 1.97. The molecule has 1 saturated heterocycles. The molecule has 0 radical (unpaired) electrons. The number of piperidine rings is 1. The van der Waals surface area contributed by atoms with Crippen LogP contribution in [-0.2, 0) is 11.2 Å². The molecule has 1 N–H and O–H groups in total. The van der Waals surface area contributed by atoms with E-state index in [4.69, 9.17) is 5.11 Å². The van der Waals surface area contributed by atoms with Gasteiger partial charge in [0.25, 0.3) is 5.91 Å². The maximum Gasteiger partial charge on any atom is 0.303 e. The maximum absolute atomic E-state index is 12.9. The summed E-state index contributed by atoms with van der Waals surface area (Å²) >= 11 is 0. The largest absolute Gasteiger partial charge is 0.481 e. The first-order valence-corrected chi connectivity index (χ1v) is 9.54. The smallest absolute Gasteiger partial charge is 0.303 e. The number of rotatable bonds is 7. The number of carboxylic acid groups (broad SMARTS) is 1. The lowest BCUT2D eigenvalue weighted by atomic mass is 9.87. The number of carboxylic acids is 1. The van der Waals surface area contributed by atoms with Crippen molar-refractivity contribution in [3.05, 3.63) is 35.4 Å². The molecule has 2 rings (SSSR count). The van der Waals surface area contributed by atoms with Gasteiger partial charge in [-0.1, -0.05) is 26.0 Å². The number of hydrogen-bond donors (Lipinski definition) is 1. The number of hydrogen-bond acceptors (Lipinski definition) is 3. The van der Waals surface area contributed by atoms with Gasteiger partial charge in [-0.05, 0) is 62.9 Å². The van der Waals surface area contributed by atoms with E-state index >= 15 is 0 Å². The summed E-state index contributed by atoms with van der Waals surface area (Å²) in [4.78, 5) is 27.9. The molecule has 1 aliphatic rings. The Kier molecular flexibility index (Phi) is 7.21. The molecule has 5 heteroatoms. The molecule has 1 aromatic carbocycles. The van der Waals surface area contributed by atoms with E-state index in [-0.39, 0.29) is 18.2 Å². The molecule has 0 saturated carbocycles. The van der Waals surface area contributed by atoms with Gasteiger partial charge in [-0.2, -0.15) is 0 Å². The number of benzene rings is 1. The second kappa shape index (κ2) is 9.17. The number of carbonyl (C=O) groups is 2. The Morgan fingerprint density at radius 2 is 1.88 bits per heavy atom. The fourth-order valence-electron chi connectivity index (χ4n) is 3.91. The van der Waals surface area contributed by atoms with E-state index in [1.807, 2.05) is 43.3 Å². The predicted molar refractivity (Wildman–Crippen MR) is 103 cm³/mol. The van der Waals surface area contributed by atoms with E-state index in [1.165, 1.54) is 5.56 Å². The van der Waals surface area contributed by atoms with Crippen LogP contribution in [0.15, 0.2) is 24.3 Å². The molecule has 1 aliphatic heterocycles. The summed E-state index contributed by atoms with van der Waals surface area (Å²) in [6, 6.07) is 8.25. The first-order valence-electron chi connectivity index (χ1n) is 9.54. The van der Waals surface area contributed by atoms with Gasteiger partial charge in [-0.3, -0.25) is 9.59 Å². The lowest BCUT2D eigenvalue weighted by Crippen LogP contribution is -2.50. The van der Waals surface area contributed by atoms with Crippen molar-refractivity contribution in [3.8, 4) is 0 Å². The molecule has 2 atom stereocenters. The Hall–Kier alpha value is -1.88. The van der Waals surface area contributed by atoms with E-state index in [0.29, 0.717) is 24.9 Å². The van der Waals surface area contributed by atoms with Gasteiger partial charge in [0.1, 0.15) is 0 Å². The van der Waals surface area contributed by atoms with Crippen LogP contribution >= 0.6 is 0 Å². The molecular formula is C21H32N2O3. The average molecular weight is 360 g/mol. The summed E-state index contributed by atoms with van der Waals surface area (Å²) in [7, 11) is 4.06. The predicted octanol–water partition coefficient (Wildman–Crippen LogP) is 3.14. The Balaban J connectivity index is 2.05.